The predicted octanol–water partition coefficient (Wildman–Crippen LogP) is 4.86. The first-order chi connectivity index (χ1) is 6.76. The van der Waals surface area contributed by atoms with Gasteiger partial charge in [0.1, 0.15) is 0 Å². The Balaban J connectivity index is 0. The second kappa shape index (κ2) is 12.7. The van der Waals surface area contributed by atoms with Crippen LogP contribution in [0.25, 0.3) is 0 Å². The lowest BCUT2D eigenvalue weighted by Gasteiger charge is -2.14. The summed E-state index contributed by atoms with van der Waals surface area (Å²) < 4.78 is 0. The van der Waals surface area contributed by atoms with Crippen LogP contribution in [-0.2, 0) is 0 Å². The number of thioether (sulfide) groups is 1. The van der Waals surface area contributed by atoms with Crippen LogP contribution in [0.3, 0.4) is 0 Å². The highest BCUT2D eigenvalue weighted by molar-refractivity contribution is 8.02. The Morgan fingerprint density at radius 3 is 1.93 bits per heavy atom. The molecule has 0 aromatic carbocycles. The molecule has 0 saturated heterocycles. The highest BCUT2D eigenvalue weighted by Crippen LogP contribution is 2.30. The second-order valence-corrected chi connectivity index (χ2v) is 3.80. The van der Waals surface area contributed by atoms with E-state index in [0.29, 0.717) is 0 Å². The maximum absolute atomic E-state index is 4.60. The van der Waals surface area contributed by atoms with Gasteiger partial charge in [0.05, 0.1) is 0 Å². The van der Waals surface area contributed by atoms with E-state index in [0.717, 1.165) is 0 Å². The van der Waals surface area contributed by atoms with Crippen LogP contribution in [0.15, 0.2) is 10.5 Å². The molecule has 0 nitrogen and oxygen atoms in total. The van der Waals surface area contributed by atoms with Gasteiger partial charge in [0, 0.05) is 0 Å². The molecule has 1 aliphatic rings. The number of hydrogen-bond acceptors (Lipinski definition) is 1. The molecule has 1 heteroatoms. The Labute approximate surface area is 94.6 Å². The van der Waals surface area contributed by atoms with Crippen LogP contribution in [0.4, 0.5) is 0 Å². The first-order valence-corrected chi connectivity index (χ1v) is 6.58. The van der Waals surface area contributed by atoms with E-state index in [2.05, 4.69) is 25.5 Å². The van der Waals surface area contributed by atoms with Crippen LogP contribution >= 0.6 is 11.8 Å². The molecule has 0 saturated carbocycles. The molecular formula is C13H24S. The molecule has 0 aromatic rings. The van der Waals surface area contributed by atoms with E-state index in [1.165, 1.54) is 25.7 Å². The topological polar surface area (TPSA) is 0 Å². The second-order valence-electron chi connectivity index (χ2n) is 2.90. The van der Waals surface area contributed by atoms with Gasteiger partial charge in [-0.15, -0.1) is 24.1 Å². The Bertz CT molecular complexity index is 184. The molecule has 0 aromatic heterocycles. The standard InChI is InChI=1S/C8H14S.C3H4.C2H6/c1-7-5-3-4-6-8(7)9-2;1-3-2;1-2/h3-6H2,1-2H3;1H,2H3;1-2H3. The smallest absolute Gasteiger partial charge is 0.00297 e. The van der Waals surface area contributed by atoms with Crippen molar-refractivity contribution in [3.63, 3.8) is 0 Å². The first-order valence-electron chi connectivity index (χ1n) is 5.36. The zero-order valence-electron chi connectivity index (χ0n) is 10.3. The van der Waals surface area contributed by atoms with Gasteiger partial charge >= 0.3 is 0 Å². The molecule has 14 heavy (non-hydrogen) atoms. The summed E-state index contributed by atoms with van der Waals surface area (Å²) in [6, 6.07) is 0. The normalized spacial score (nSPS) is 14.3. The van der Waals surface area contributed by atoms with Crippen molar-refractivity contribution in [1.29, 1.82) is 0 Å². The molecule has 0 bridgehead atoms. The monoisotopic (exact) mass is 212 g/mol. The molecule has 0 spiro atoms. The highest BCUT2D eigenvalue weighted by atomic mass is 32.2. The van der Waals surface area contributed by atoms with Crippen LogP contribution < -0.4 is 0 Å². The van der Waals surface area contributed by atoms with E-state index in [-0.39, 0.29) is 0 Å². The summed E-state index contributed by atoms with van der Waals surface area (Å²) in [7, 11) is 0. The Hall–Kier alpha value is -0.350. The predicted molar refractivity (Wildman–Crippen MR) is 70.5 cm³/mol. The number of terminal acetylenes is 1. The lowest BCUT2D eigenvalue weighted by Crippen LogP contribution is -1.92. The van der Waals surface area contributed by atoms with Crippen LogP contribution in [0.2, 0.25) is 0 Å². The average Bonchev–Trinajstić information content (AvgIpc) is 2.23. The summed E-state index contributed by atoms with van der Waals surface area (Å²) in [5.74, 6) is 2.25. The van der Waals surface area contributed by atoms with Gasteiger partial charge in [0.2, 0.25) is 0 Å². The summed E-state index contributed by atoms with van der Waals surface area (Å²) in [6.45, 7) is 7.92. The average molecular weight is 212 g/mol. The molecule has 1 rings (SSSR count). The van der Waals surface area contributed by atoms with Crippen molar-refractivity contribution in [1.82, 2.24) is 0 Å². The molecule has 1 aliphatic carbocycles. The van der Waals surface area contributed by atoms with E-state index in [1.807, 2.05) is 25.6 Å². The van der Waals surface area contributed by atoms with Crippen LogP contribution in [0, 0.1) is 12.3 Å². The van der Waals surface area contributed by atoms with E-state index in [9.17, 15) is 0 Å². The molecule has 82 valence electrons. The van der Waals surface area contributed by atoms with Gasteiger partial charge in [-0.2, -0.15) is 0 Å². The first kappa shape index (κ1) is 16.1. The summed E-state index contributed by atoms with van der Waals surface area (Å²) in [5.41, 5.74) is 1.63. The van der Waals surface area contributed by atoms with Crippen molar-refractivity contribution in [2.24, 2.45) is 0 Å². The third kappa shape index (κ3) is 8.26. The fourth-order valence-electron chi connectivity index (χ4n) is 1.30. The molecule has 0 N–H and O–H groups in total. The van der Waals surface area contributed by atoms with Crippen molar-refractivity contribution in [2.75, 3.05) is 6.26 Å². The fraction of sp³-hybridized carbons (Fsp3) is 0.692. The zero-order valence-corrected chi connectivity index (χ0v) is 11.1. The molecule has 0 amide bonds. The maximum Gasteiger partial charge on any atom is -0.00297 e. The summed E-state index contributed by atoms with van der Waals surface area (Å²) in [5, 5.41) is 0. The maximum atomic E-state index is 4.60. The molecule has 0 heterocycles. The van der Waals surface area contributed by atoms with Crippen LogP contribution in [0.5, 0.6) is 0 Å². The van der Waals surface area contributed by atoms with Crippen molar-refractivity contribution < 1.29 is 0 Å². The minimum absolute atomic E-state index is 1.34. The Morgan fingerprint density at radius 1 is 1.21 bits per heavy atom. The Morgan fingerprint density at radius 2 is 1.64 bits per heavy atom. The highest BCUT2D eigenvalue weighted by Gasteiger charge is 2.06. The van der Waals surface area contributed by atoms with E-state index < -0.39 is 0 Å². The van der Waals surface area contributed by atoms with E-state index in [1.54, 1.807) is 17.4 Å². The minimum Gasteiger partial charge on any atom is -0.134 e. The Kier molecular flexibility index (Phi) is 14.5. The quantitative estimate of drug-likeness (QED) is 0.559. The van der Waals surface area contributed by atoms with Gasteiger partial charge in [-0.05, 0) is 50.7 Å². The molecule has 0 fully saturated rings. The summed E-state index contributed by atoms with van der Waals surface area (Å²) >= 11 is 1.93. The largest absolute Gasteiger partial charge is 0.134 e. The lowest BCUT2D eigenvalue weighted by atomic mass is 10.0. The summed E-state index contributed by atoms with van der Waals surface area (Å²) in [6.07, 6.45) is 12.3. The third-order valence-electron chi connectivity index (χ3n) is 1.93. The lowest BCUT2D eigenvalue weighted by molar-refractivity contribution is 0.695. The van der Waals surface area contributed by atoms with Gasteiger partial charge in [-0.1, -0.05) is 19.4 Å². The van der Waals surface area contributed by atoms with Gasteiger partial charge < -0.3 is 0 Å². The molecule has 0 unspecified atom stereocenters. The van der Waals surface area contributed by atoms with E-state index in [4.69, 9.17) is 0 Å². The van der Waals surface area contributed by atoms with Gasteiger partial charge in [-0.25, -0.2) is 0 Å². The van der Waals surface area contributed by atoms with Gasteiger partial charge in [0.15, 0.2) is 0 Å². The SMILES string of the molecule is C#CC.CC.CSC1=C(C)CCCC1. The fourth-order valence-corrected chi connectivity index (χ4v) is 2.10. The van der Waals surface area contributed by atoms with Crippen molar-refractivity contribution in [3.8, 4) is 12.3 Å². The third-order valence-corrected chi connectivity index (χ3v) is 2.97. The van der Waals surface area contributed by atoms with Gasteiger partial charge in [0.25, 0.3) is 0 Å². The molecule has 0 atom stereocenters. The minimum atomic E-state index is 1.34. The van der Waals surface area contributed by atoms with Crippen LogP contribution in [0.1, 0.15) is 53.4 Å². The van der Waals surface area contributed by atoms with Crippen molar-refractivity contribution in [3.05, 3.63) is 10.5 Å². The van der Waals surface area contributed by atoms with E-state index >= 15 is 0 Å². The van der Waals surface area contributed by atoms with Gasteiger partial charge in [-0.3, -0.25) is 0 Å². The molecular weight excluding hydrogens is 188 g/mol. The summed E-state index contributed by atoms with van der Waals surface area (Å²) in [4.78, 5) is 1.64. The number of allylic oxidation sites excluding steroid dienone is 2. The molecule has 0 aliphatic heterocycles. The van der Waals surface area contributed by atoms with Crippen molar-refractivity contribution in [2.45, 2.75) is 53.4 Å². The van der Waals surface area contributed by atoms with Crippen molar-refractivity contribution >= 4 is 11.8 Å². The molecule has 0 radical (unpaired) electrons. The zero-order chi connectivity index (χ0) is 11.4. The number of rotatable bonds is 1. The number of hydrogen-bond donors (Lipinski definition) is 0. The van der Waals surface area contributed by atoms with Crippen LogP contribution in [-0.4, -0.2) is 6.26 Å².